The fourth-order valence-corrected chi connectivity index (χ4v) is 2.91. The average Bonchev–Trinajstić information content (AvgIpc) is 2.65. The molecule has 0 fully saturated rings. The van der Waals surface area contributed by atoms with E-state index in [2.05, 4.69) is 28.4 Å². The number of nitrogens with zero attached hydrogens (tertiary/aromatic N) is 1. The Bertz CT molecular complexity index is 911. The highest BCUT2D eigenvalue weighted by molar-refractivity contribution is 5.71. The van der Waals surface area contributed by atoms with E-state index in [1.807, 2.05) is 56.6 Å². The quantitative estimate of drug-likeness (QED) is 0.545. The summed E-state index contributed by atoms with van der Waals surface area (Å²) in [4.78, 5) is 2.12. The molecule has 0 aliphatic heterocycles. The van der Waals surface area contributed by atoms with E-state index in [1.54, 1.807) is 12.1 Å². The van der Waals surface area contributed by atoms with Gasteiger partial charge in [-0.15, -0.1) is 0 Å². The van der Waals surface area contributed by atoms with Gasteiger partial charge in [0.25, 0.3) is 0 Å². The molecule has 3 aromatic carbocycles. The second-order valence-corrected chi connectivity index (χ2v) is 6.61. The normalized spacial score (nSPS) is 10.9. The first-order chi connectivity index (χ1) is 13.0. The Kier molecular flexibility index (Phi) is 5.67. The summed E-state index contributed by atoms with van der Waals surface area (Å²) in [7, 11) is 4.10. The number of anilines is 2. The molecule has 3 N–H and O–H groups in total. The topological polar surface area (TPSA) is 55.7 Å². The van der Waals surface area contributed by atoms with E-state index in [4.69, 9.17) is 0 Å². The van der Waals surface area contributed by atoms with Gasteiger partial charge in [-0.3, -0.25) is 0 Å². The summed E-state index contributed by atoms with van der Waals surface area (Å²) in [6.07, 6.45) is 3.80. The van der Waals surface area contributed by atoms with Crippen LogP contribution in [0.3, 0.4) is 0 Å². The lowest BCUT2D eigenvalue weighted by Crippen LogP contribution is -2.12. The zero-order valence-corrected chi connectivity index (χ0v) is 15.6. The van der Waals surface area contributed by atoms with Crippen LogP contribution in [0.1, 0.15) is 16.7 Å². The number of hydrogen-bond donors (Lipinski definition) is 3. The smallest absolute Gasteiger partial charge is 0.119 e. The number of aromatic hydroxyl groups is 2. The van der Waals surface area contributed by atoms with Gasteiger partial charge in [0.1, 0.15) is 11.5 Å². The van der Waals surface area contributed by atoms with Crippen LogP contribution >= 0.6 is 0 Å². The van der Waals surface area contributed by atoms with E-state index >= 15 is 0 Å². The molecule has 0 aliphatic carbocycles. The van der Waals surface area contributed by atoms with Crippen molar-refractivity contribution in [2.24, 2.45) is 0 Å². The molecule has 0 amide bonds. The van der Waals surface area contributed by atoms with Crippen LogP contribution in [0.4, 0.5) is 11.4 Å². The minimum Gasteiger partial charge on any atom is -0.508 e. The predicted octanol–water partition coefficient (Wildman–Crippen LogP) is 4.95. The van der Waals surface area contributed by atoms with Gasteiger partial charge >= 0.3 is 0 Å². The molecule has 4 heteroatoms. The van der Waals surface area contributed by atoms with Crippen molar-refractivity contribution in [1.82, 2.24) is 0 Å². The van der Waals surface area contributed by atoms with E-state index in [0.29, 0.717) is 0 Å². The van der Waals surface area contributed by atoms with E-state index in [9.17, 15) is 10.2 Å². The van der Waals surface area contributed by atoms with Crippen LogP contribution in [0, 0.1) is 0 Å². The molecule has 0 spiro atoms. The van der Waals surface area contributed by atoms with Crippen LogP contribution in [0.2, 0.25) is 0 Å². The molecular formula is C23H24N2O2. The molecule has 0 radical (unpaired) electrons. The third-order valence-electron chi connectivity index (χ3n) is 4.26. The number of rotatable bonds is 6. The number of phenols is 2. The highest BCUT2D eigenvalue weighted by Gasteiger charge is 2.03. The number of benzene rings is 3. The summed E-state index contributed by atoms with van der Waals surface area (Å²) in [6.45, 7) is 0.756. The second kappa shape index (κ2) is 8.32. The van der Waals surface area contributed by atoms with Gasteiger partial charge in [0.15, 0.2) is 0 Å². The summed E-state index contributed by atoms with van der Waals surface area (Å²) in [5.41, 5.74) is 5.29. The summed E-state index contributed by atoms with van der Waals surface area (Å²) in [5, 5.41) is 22.5. The van der Waals surface area contributed by atoms with Crippen LogP contribution in [0.15, 0.2) is 66.7 Å². The summed E-state index contributed by atoms with van der Waals surface area (Å²) < 4.78 is 0. The number of phenolic OH excluding ortho intramolecular Hbond substituents is 2. The van der Waals surface area contributed by atoms with Crippen molar-refractivity contribution in [1.29, 1.82) is 0 Å². The minimum atomic E-state index is 0.0483. The van der Waals surface area contributed by atoms with Gasteiger partial charge in [-0.05, 0) is 47.0 Å². The Labute approximate surface area is 160 Å². The van der Waals surface area contributed by atoms with Crippen molar-refractivity contribution in [3.63, 3.8) is 0 Å². The lowest BCUT2D eigenvalue weighted by Gasteiger charge is -2.18. The molecule has 0 aliphatic rings. The van der Waals surface area contributed by atoms with Crippen LogP contribution in [-0.2, 0) is 6.54 Å². The van der Waals surface area contributed by atoms with Gasteiger partial charge in [0, 0.05) is 38.1 Å². The largest absolute Gasteiger partial charge is 0.508 e. The van der Waals surface area contributed by atoms with Gasteiger partial charge < -0.3 is 20.4 Å². The SMILES string of the molecule is CN(C)c1ccccc1CNc1ccc(/C=C/c2cc(O)cc(O)c2)cc1. The average molecular weight is 360 g/mol. The maximum absolute atomic E-state index is 9.53. The molecule has 138 valence electrons. The van der Waals surface area contributed by atoms with E-state index in [0.717, 1.165) is 23.4 Å². The Morgan fingerprint density at radius 3 is 2.11 bits per heavy atom. The second-order valence-electron chi connectivity index (χ2n) is 6.61. The summed E-state index contributed by atoms with van der Waals surface area (Å²) in [5.74, 6) is 0.0967. The summed E-state index contributed by atoms with van der Waals surface area (Å²) >= 11 is 0. The van der Waals surface area contributed by atoms with Gasteiger partial charge in [-0.2, -0.15) is 0 Å². The van der Waals surface area contributed by atoms with Gasteiger partial charge in [-0.25, -0.2) is 0 Å². The van der Waals surface area contributed by atoms with Crippen LogP contribution in [-0.4, -0.2) is 24.3 Å². The molecule has 3 aromatic rings. The van der Waals surface area contributed by atoms with Crippen molar-refractivity contribution in [2.45, 2.75) is 6.54 Å². The third kappa shape index (κ3) is 5.05. The molecule has 0 aromatic heterocycles. The first kappa shape index (κ1) is 18.4. The minimum absolute atomic E-state index is 0.0483. The fraction of sp³-hybridized carbons (Fsp3) is 0.130. The molecular weight excluding hydrogens is 336 g/mol. The molecule has 0 atom stereocenters. The molecule has 27 heavy (non-hydrogen) atoms. The van der Waals surface area contributed by atoms with Crippen LogP contribution in [0.25, 0.3) is 12.2 Å². The molecule has 4 nitrogen and oxygen atoms in total. The van der Waals surface area contributed by atoms with E-state index in [-0.39, 0.29) is 11.5 Å². The standard InChI is InChI=1S/C23H24N2O2/c1-25(2)23-6-4-3-5-19(23)16-24-20-11-9-17(10-12-20)7-8-18-13-21(26)15-22(27)14-18/h3-15,24,26-27H,16H2,1-2H3/b8-7+. The van der Waals surface area contributed by atoms with Gasteiger partial charge in [0.2, 0.25) is 0 Å². The van der Waals surface area contributed by atoms with E-state index in [1.165, 1.54) is 17.3 Å². The molecule has 3 rings (SSSR count). The van der Waals surface area contributed by atoms with Crippen LogP contribution in [0.5, 0.6) is 11.5 Å². The first-order valence-corrected chi connectivity index (χ1v) is 8.81. The monoisotopic (exact) mass is 360 g/mol. The fourth-order valence-electron chi connectivity index (χ4n) is 2.91. The Hall–Kier alpha value is -3.40. The Morgan fingerprint density at radius 2 is 1.44 bits per heavy atom. The Morgan fingerprint density at radius 1 is 0.815 bits per heavy atom. The number of nitrogens with one attached hydrogen (secondary N) is 1. The molecule has 0 heterocycles. The Balaban J connectivity index is 1.65. The molecule has 0 bridgehead atoms. The zero-order chi connectivity index (χ0) is 19.2. The molecule has 0 saturated heterocycles. The molecule has 0 saturated carbocycles. The van der Waals surface area contributed by atoms with Crippen LogP contribution < -0.4 is 10.2 Å². The van der Waals surface area contributed by atoms with Crippen molar-refractivity contribution >= 4 is 23.5 Å². The maximum Gasteiger partial charge on any atom is 0.119 e. The summed E-state index contributed by atoms with van der Waals surface area (Å²) in [6, 6.07) is 21.0. The van der Waals surface area contributed by atoms with Crippen molar-refractivity contribution in [3.05, 3.63) is 83.4 Å². The lowest BCUT2D eigenvalue weighted by atomic mass is 10.1. The number of hydrogen-bond acceptors (Lipinski definition) is 4. The van der Waals surface area contributed by atoms with E-state index < -0.39 is 0 Å². The molecule has 0 unspecified atom stereocenters. The zero-order valence-electron chi connectivity index (χ0n) is 15.6. The predicted molar refractivity (Wildman–Crippen MR) is 113 cm³/mol. The van der Waals surface area contributed by atoms with Crippen molar-refractivity contribution < 1.29 is 10.2 Å². The number of para-hydroxylation sites is 1. The third-order valence-corrected chi connectivity index (χ3v) is 4.26. The lowest BCUT2D eigenvalue weighted by molar-refractivity contribution is 0.450. The highest BCUT2D eigenvalue weighted by atomic mass is 16.3. The van der Waals surface area contributed by atoms with Gasteiger partial charge in [0.05, 0.1) is 0 Å². The van der Waals surface area contributed by atoms with Crippen molar-refractivity contribution in [2.75, 3.05) is 24.3 Å². The highest BCUT2D eigenvalue weighted by Crippen LogP contribution is 2.23. The maximum atomic E-state index is 9.53. The van der Waals surface area contributed by atoms with Crippen molar-refractivity contribution in [3.8, 4) is 11.5 Å². The first-order valence-electron chi connectivity index (χ1n) is 8.81. The van der Waals surface area contributed by atoms with Gasteiger partial charge in [-0.1, -0.05) is 42.5 Å².